The molecule has 9 heteroatoms. The molecule has 2 aliphatic heterocycles. The number of carbonyl (C=O) groups excluding carboxylic acids is 3. The first kappa shape index (κ1) is 22.6. The monoisotopic (exact) mass is 455 g/mol. The zero-order chi connectivity index (χ0) is 23.9. The Morgan fingerprint density at radius 1 is 1.00 bits per heavy atom. The summed E-state index contributed by atoms with van der Waals surface area (Å²) >= 11 is 0. The normalized spacial score (nSPS) is 21.1. The number of ether oxygens (including phenoxy) is 1. The minimum absolute atomic E-state index is 0.111. The number of carbonyl (C=O) groups is 3. The molecule has 0 aromatic heterocycles. The quantitative estimate of drug-likeness (QED) is 0.716. The Morgan fingerprint density at radius 3 is 2.21 bits per heavy atom. The van der Waals surface area contributed by atoms with Crippen LogP contribution in [0.4, 0.5) is 20.2 Å². The van der Waals surface area contributed by atoms with Crippen molar-refractivity contribution >= 4 is 34.7 Å². The van der Waals surface area contributed by atoms with Crippen LogP contribution in [0.3, 0.4) is 0 Å². The maximum atomic E-state index is 14.6. The fraction of sp³-hybridized carbons (Fsp3) is 0.292. The average Bonchev–Trinajstić information content (AvgIpc) is 2.98. The highest BCUT2D eigenvalue weighted by atomic mass is 19.1. The van der Waals surface area contributed by atoms with Crippen LogP contribution in [-0.4, -0.2) is 47.9 Å². The van der Waals surface area contributed by atoms with Crippen molar-refractivity contribution in [3.8, 4) is 0 Å². The second kappa shape index (κ2) is 8.74. The number of morpholine rings is 1. The molecular weight excluding hydrogens is 432 g/mol. The number of anilines is 2. The van der Waals surface area contributed by atoms with Crippen LogP contribution in [0.15, 0.2) is 48.2 Å². The Hall–Kier alpha value is -3.59. The van der Waals surface area contributed by atoms with Gasteiger partial charge in [0.05, 0.1) is 23.5 Å². The highest BCUT2D eigenvalue weighted by molar-refractivity contribution is 6.45. The van der Waals surface area contributed by atoms with Gasteiger partial charge in [0.15, 0.2) is 0 Å². The van der Waals surface area contributed by atoms with Crippen LogP contribution in [0.1, 0.15) is 26.3 Å². The molecule has 33 heavy (non-hydrogen) atoms. The molecule has 0 saturated carbocycles. The summed E-state index contributed by atoms with van der Waals surface area (Å²) in [6.07, 6.45) is -0.381. The van der Waals surface area contributed by atoms with Gasteiger partial charge in [-0.1, -0.05) is 12.1 Å². The van der Waals surface area contributed by atoms with Crippen molar-refractivity contribution in [2.75, 3.05) is 23.3 Å². The molecule has 2 unspecified atom stereocenters. The van der Waals surface area contributed by atoms with Gasteiger partial charge in [-0.15, -0.1) is 0 Å². The number of nitrogens with zero attached hydrogens (tertiary/aromatic N) is 2. The van der Waals surface area contributed by atoms with Crippen LogP contribution in [0, 0.1) is 11.6 Å². The molecule has 4 rings (SSSR count). The van der Waals surface area contributed by atoms with E-state index in [0.29, 0.717) is 30.4 Å². The number of hydrogen-bond acceptors (Lipinski definition) is 5. The molecule has 2 aliphatic rings. The van der Waals surface area contributed by atoms with E-state index in [-0.39, 0.29) is 35.1 Å². The Bertz CT molecular complexity index is 1150. The molecule has 0 bridgehead atoms. The zero-order valence-corrected chi connectivity index (χ0v) is 18.4. The summed E-state index contributed by atoms with van der Waals surface area (Å²) in [7, 11) is 0. The number of nitrogens with one attached hydrogen (secondary N) is 1. The van der Waals surface area contributed by atoms with Crippen LogP contribution in [-0.2, 0) is 19.1 Å². The predicted octanol–water partition coefficient (Wildman–Crippen LogP) is 3.32. The molecule has 172 valence electrons. The van der Waals surface area contributed by atoms with Crippen molar-refractivity contribution < 1.29 is 27.9 Å². The average molecular weight is 455 g/mol. The van der Waals surface area contributed by atoms with E-state index in [4.69, 9.17) is 4.74 Å². The maximum Gasteiger partial charge on any atom is 0.282 e. The van der Waals surface area contributed by atoms with Gasteiger partial charge in [-0.25, -0.2) is 13.7 Å². The first-order valence-corrected chi connectivity index (χ1v) is 10.5. The lowest BCUT2D eigenvalue weighted by atomic mass is 10.0. The Balaban J connectivity index is 1.81. The third-order valence-corrected chi connectivity index (χ3v) is 5.44. The molecule has 2 aromatic carbocycles. The second-order valence-corrected chi connectivity index (χ2v) is 8.19. The molecule has 2 aromatic rings. The summed E-state index contributed by atoms with van der Waals surface area (Å²) in [5, 5.41) is 2.65. The van der Waals surface area contributed by atoms with E-state index in [9.17, 15) is 23.2 Å². The molecule has 2 heterocycles. The summed E-state index contributed by atoms with van der Waals surface area (Å²) in [6, 6.07) is 9.17. The van der Waals surface area contributed by atoms with Gasteiger partial charge in [0.25, 0.3) is 11.8 Å². The SMILES string of the molecule is CC(=O)Nc1ccc(C2=C(N3CC(C)OC(C)C3)C(=O)N(c3ccc(F)cc3F)C2=O)cc1. The van der Waals surface area contributed by atoms with Crippen LogP contribution in [0.2, 0.25) is 0 Å². The van der Waals surface area contributed by atoms with E-state index < -0.39 is 23.4 Å². The second-order valence-electron chi connectivity index (χ2n) is 8.19. The van der Waals surface area contributed by atoms with Crippen LogP contribution < -0.4 is 10.2 Å². The molecule has 3 amide bonds. The van der Waals surface area contributed by atoms with E-state index in [1.807, 2.05) is 13.8 Å². The van der Waals surface area contributed by atoms with Gasteiger partial charge in [-0.05, 0) is 43.7 Å². The van der Waals surface area contributed by atoms with E-state index in [2.05, 4.69) is 5.32 Å². The molecule has 0 radical (unpaired) electrons. The van der Waals surface area contributed by atoms with E-state index in [1.165, 1.54) is 6.92 Å². The van der Waals surface area contributed by atoms with E-state index >= 15 is 0 Å². The maximum absolute atomic E-state index is 14.6. The van der Waals surface area contributed by atoms with Gasteiger partial charge >= 0.3 is 0 Å². The number of imide groups is 1. The summed E-state index contributed by atoms with van der Waals surface area (Å²) in [6.45, 7) is 5.84. The minimum atomic E-state index is -1.01. The number of hydrogen-bond donors (Lipinski definition) is 1. The fourth-order valence-electron chi connectivity index (χ4n) is 4.24. The molecular formula is C24H23F2N3O4. The molecule has 7 nitrogen and oxygen atoms in total. The van der Waals surface area contributed by atoms with Crippen molar-refractivity contribution in [1.82, 2.24) is 4.90 Å². The van der Waals surface area contributed by atoms with E-state index in [0.717, 1.165) is 17.0 Å². The smallest absolute Gasteiger partial charge is 0.282 e. The standard InChI is InChI=1S/C24H23F2N3O4/c1-13-11-28(12-14(2)33-13)22-21(16-4-7-18(8-5-16)27-15(3)30)23(31)29(24(22)32)20-9-6-17(25)10-19(20)26/h4-10,13-14H,11-12H2,1-3H3,(H,27,30). The molecule has 1 fully saturated rings. The molecule has 0 aliphatic carbocycles. The highest BCUT2D eigenvalue weighted by Gasteiger charge is 2.44. The first-order chi connectivity index (χ1) is 15.7. The summed E-state index contributed by atoms with van der Waals surface area (Å²) < 4.78 is 33.8. The molecule has 0 spiro atoms. The Kier molecular flexibility index (Phi) is 5.99. The third kappa shape index (κ3) is 4.36. The van der Waals surface area contributed by atoms with E-state index in [1.54, 1.807) is 29.2 Å². The highest BCUT2D eigenvalue weighted by Crippen LogP contribution is 2.37. The number of amides is 3. The topological polar surface area (TPSA) is 79.0 Å². The van der Waals surface area contributed by atoms with Crippen molar-refractivity contribution in [2.45, 2.75) is 33.0 Å². The van der Waals surface area contributed by atoms with Gasteiger partial charge < -0.3 is 15.0 Å². The van der Waals surface area contributed by atoms with Crippen LogP contribution in [0.5, 0.6) is 0 Å². The summed E-state index contributed by atoms with van der Waals surface area (Å²) in [4.78, 5) is 40.8. The minimum Gasteiger partial charge on any atom is -0.372 e. The third-order valence-electron chi connectivity index (χ3n) is 5.44. The predicted molar refractivity (Wildman–Crippen MR) is 118 cm³/mol. The summed E-state index contributed by atoms with van der Waals surface area (Å²) in [5.41, 5.74) is 0.898. The van der Waals surface area contributed by atoms with Gasteiger partial charge in [-0.3, -0.25) is 14.4 Å². The van der Waals surface area contributed by atoms with Crippen molar-refractivity contribution in [1.29, 1.82) is 0 Å². The van der Waals surface area contributed by atoms with Gasteiger partial charge in [-0.2, -0.15) is 0 Å². The molecule has 1 N–H and O–H groups in total. The first-order valence-electron chi connectivity index (χ1n) is 10.5. The lowest BCUT2D eigenvalue weighted by Gasteiger charge is -2.37. The van der Waals surface area contributed by atoms with Gasteiger partial charge in [0.1, 0.15) is 17.3 Å². The Labute approximate surface area is 189 Å². The number of benzene rings is 2. The lowest BCUT2D eigenvalue weighted by Crippen LogP contribution is -2.47. The number of rotatable bonds is 4. The molecule has 1 saturated heterocycles. The van der Waals surface area contributed by atoms with Crippen LogP contribution in [0.25, 0.3) is 5.57 Å². The zero-order valence-electron chi connectivity index (χ0n) is 18.4. The fourth-order valence-corrected chi connectivity index (χ4v) is 4.24. The van der Waals surface area contributed by atoms with Gasteiger partial charge in [0.2, 0.25) is 5.91 Å². The molecule has 2 atom stereocenters. The summed E-state index contributed by atoms with van der Waals surface area (Å²) in [5.74, 6) is -3.47. The van der Waals surface area contributed by atoms with Gasteiger partial charge in [0, 0.05) is 31.8 Å². The van der Waals surface area contributed by atoms with Crippen LogP contribution >= 0.6 is 0 Å². The number of halogens is 2. The van der Waals surface area contributed by atoms with Crippen molar-refractivity contribution in [3.63, 3.8) is 0 Å². The van der Waals surface area contributed by atoms with Crippen molar-refractivity contribution in [3.05, 3.63) is 65.4 Å². The van der Waals surface area contributed by atoms with Crippen molar-refractivity contribution in [2.24, 2.45) is 0 Å². The lowest BCUT2D eigenvalue weighted by molar-refractivity contribution is -0.122. The Morgan fingerprint density at radius 2 is 1.64 bits per heavy atom. The largest absolute Gasteiger partial charge is 0.372 e.